The second-order valence-electron chi connectivity index (χ2n) is 1.95. The molecule has 0 aromatic heterocycles. The molecule has 0 fully saturated rings. The van der Waals surface area contributed by atoms with Crippen LogP contribution in [0.1, 0.15) is 6.42 Å². The summed E-state index contributed by atoms with van der Waals surface area (Å²) in [6.45, 7) is 0.238. The van der Waals surface area contributed by atoms with E-state index in [1.54, 1.807) is 0 Å². The molecule has 0 aliphatic carbocycles. The molecule has 1 rings (SSSR count). The Kier molecular flexibility index (Phi) is 1.48. The van der Waals surface area contributed by atoms with E-state index in [-0.39, 0.29) is 18.7 Å². The van der Waals surface area contributed by atoms with Crippen LogP contribution in [0, 0.1) is 0 Å². The number of carbonyl (C=O) groups is 1. The minimum Gasteiger partial charge on any atom is -0.477 e. The Balaban J connectivity index is 2.55. The number of aliphatic imine (C=N–C) groups is 1. The molecule has 4 heteroatoms. The molecular formula is C5H7NO3. The van der Waals surface area contributed by atoms with Crippen LogP contribution in [0.2, 0.25) is 0 Å². The number of hydrogen-bond donors (Lipinski definition) is 2. The van der Waals surface area contributed by atoms with E-state index in [0.717, 1.165) is 0 Å². The van der Waals surface area contributed by atoms with E-state index in [4.69, 9.17) is 10.2 Å². The van der Waals surface area contributed by atoms with E-state index >= 15 is 0 Å². The molecule has 0 amide bonds. The van der Waals surface area contributed by atoms with E-state index in [0.29, 0.717) is 0 Å². The summed E-state index contributed by atoms with van der Waals surface area (Å²) in [6, 6.07) is 0. The van der Waals surface area contributed by atoms with Crippen LogP contribution in [0.25, 0.3) is 0 Å². The van der Waals surface area contributed by atoms with Crippen LogP contribution < -0.4 is 0 Å². The molecule has 1 aliphatic heterocycles. The summed E-state index contributed by atoms with van der Waals surface area (Å²) in [6.07, 6.45) is -0.383. The monoisotopic (exact) mass is 129 g/mol. The maximum absolute atomic E-state index is 10.1. The zero-order chi connectivity index (χ0) is 6.85. The van der Waals surface area contributed by atoms with Crippen LogP contribution in [-0.4, -0.2) is 34.5 Å². The molecule has 1 aliphatic rings. The van der Waals surface area contributed by atoms with Gasteiger partial charge in [-0.2, -0.15) is 0 Å². The Labute approximate surface area is 51.8 Å². The van der Waals surface area contributed by atoms with Crippen LogP contribution in [0.5, 0.6) is 0 Å². The normalized spacial score (nSPS) is 25.9. The van der Waals surface area contributed by atoms with Gasteiger partial charge in [-0.05, 0) is 0 Å². The Morgan fingerprint density at radius 1 is 1.78 bits per heavy atom. The molecule has 0 aromatic rings. The highest BCUT2D eigenvalue weighted by Gasteiger charge is 2.20. The highest BCUT2D eigenvalue weighted by molar-refractivity contribution is 6.36. The van der Waals surface area contributed by atoms with Crippen LogP contribution in [0.3, 0.4) is 0 Å². The fourth-order valence-electron chi connectivity index (χ4n) is 0.723. The predicted octanol–water partition coefficient (Wildman–Crippen LogP) is -0.723. The van der Waals surface area contributed by atoms with Crippen molar-refractivity contribution in [1.29, 1.82) is 0 Å². The lowest BCUT2D eigenvalue weighted by Gasteiger charge is -1.93. The van der Waals surface area contributed by atoms with E-state index in [1.165, 1.54) is 0 Å². The molecular weight excluding hydrogens is 122 g/mol. The number of aliphatic hydroxyl groups is 1. The summed E-state index contributed by atoms with van der Waals surface area (Å²) in [5, 5.41) is 17.1. The molecule has 0 saturated carbocycles. The van der Waals surface area contributed by atoms with Crippen molar-refractivity contribution in [2.45, 2.75) is 12.5 Å². The first-order chi connectivity index (χ1) is 4.20. The third-order valence-corrected chi connectivity index (χ3v) is 1.17. The molecule has 4 nitrogen and oxygen atoms in total. The van der Waals surface area contributed by atoms with Gasteiger partial charge in [0, 0.05) is 6.42 Å². The Morgan fingerprint density at radius 2 is 2.44 bits per heavy atom. The molecule has 0 saturated heterocycles. The van der Waals surface area contributed by atoms with Gasteiger partial charge in [0.1, 0.15) is 5.71 Å². The van der Waals surface area contributed by atoms with Crippen molar-refractivity contribution in [3.63, 3.8) is 0 Å². The van der Waals surface area contributed by atoms with Gasteiger partial charge in [0.05, 0.1) is 12.6 Å². The number of aliphatic carboxylic acids is 1. The van der Waals surface area contributed by atoms with Gasteiger partial charge in [0.2, 0.25) is 0 Å². The second kappa shape index (κ2) is 2.14. The van der Waals surface area contributed by atoms with Crippen LogP contribution >= 0.6 is 0 Å². The number of carboxylic acids is 1. The minimum absolute atomic E-state index is 0.0856. The third kappa shape index (κ3) is 1.26. The van der Waals surface area contributed by atoms with Crippen molar-refractivity contribution in [3.8, 4) is 0 Å². The quantitative estimate of drug-likeness (QED) is 0.490. The summed E-state index contributed by atoms with van der Waals surface area (Å²) in [4.78, 5) is 13.7. The van der Waals surface area contributed by atoms with Crippen LogP contribution in [-0.2, 0) is 4.79 Å². The van der Waals surface area contributed by atoms with E-state index in [2.05, 4.69) is 4.99 Å². The lowest BCUT2D eigenvalue weighted by molar-refractivity contribution is -0.129. The molecule has 1 atom stereocenters. The predicted molar refractivity (Wildman–Crippen MR) is 30.6 cm³/mol. The SMILES string of the molecule is O=C(O)C1=NCC(O)C1. The first-order valence-electron chi connectivity index (χ1n) is 2.65. The van der Waals surface area contributed by atoms with Crippen molar-refractivity contribution in [2.75, 3.05) is 6.54 Å². The highest BCUT2D eigenvalue weighted by Crippen LogP contribution is 2.04. The molecule has 50 valence electrons. The number of hydrogen-bond acceptors (Lipinski definition) is 3. The second-order valence-corrected chi connectivity index (χ2v) is 1.95. The number of nitrogens with zero attached hydrogens (tertiary/aromatic N) is 1. The average Bonchev–Trinajstić information content (AvgIpc) is 2.14. The van der Waals surface area contributed by atoms with E-state index in [1.807, 2.05) is 0 Å². The average molecular weight is 129 g/mol. The topological polar surface area (TPSA) is 69.9 Å². The smallest absolute Gasteiger partial charge is 0.349 e. The Hall–Kier alpha value is -0.900. The largest absolute Gasteiger partial charge is 0.477 e. The zero-order valence-corrected chi connectivity index (χ0v) is 4.74. The Morgan fingerprint density at radius 3 is 2.67 bits per heavy atom. The molecule has 1 unspecified atom stereocenters. The highest BCUT2D eigenvalue weighted by atomic mass is 16.4. The Bertz CT molecular complexity index is 164. The molecule has 9 heavy (non-hydrogen) atoms. The van der Waals surface area contributed by atoms with E-state index < -0.39 is 12.1 Å². The molecule has 0 spiro atoms. The van der Waals surface area contributed by atoms with Crippen molar-refractivity contribution in [3.05, 3.63) is 0 Å². The van der Waals surface area contributed by atoms with Gasteiger partial charge in [-0.25, -0.2) is 4.79 Å². The molecule has 1 heterocycles. The fourth-order valence-corrected chi connectivity index (χ4v) is 0.723. The summed E-state index contributed by atoms with van der Waals surface area (Å²) in [5.74, 6) is -1.02. The van der Waals surface area contributed by atoms with Gasteiger partial charge in [0.15, 0.2) is 0 Å². The molecule has 0 radical (unpaired) electrons. The first-order valence-corrected chi connectivity index (χ1v) is 2.65. The van der Waals surface area contributed by atoms with Gasteiger partial charge < -0.3 is 10.2 Å². The lowest BCUT2D eigenvalue weighted by atomic mass is 10.2. The van der Waals surface area contributed by atoms with Gasteiger partial charge in [-0.1, -0.05) is 0 Å². The fraction of sp³-hybridized carbons (Fsp3) is 0.600. The van der Waals surface area contributed by atoms with Gasteiger partial charge in [-0.3, -0.25) is 4.99 Å². The summed E-state index contributed by atoms with van der Waals surface area (Å²) < 4.78 is 0. The third-order valence-electron chi connectivity index (χ3n) is 1.17. The number of aliphatic hydroxyl groups excluding tert-OH is 1. The van der Waals surface area contributed by atoms with Crippen molar-refractivity contribution in [1.82, 2.24) is 0 Å². The summed E-state index contributed by atoms with van der Waals surface area (Å²) in [7, 11) is 0. The van der Waals surface area contributed by atoms with E-state index in [9.17, 15) is 4.79 Å². The molecule has 0 bridgehead atoms. The van der Waals surface area contributed by atoms with Gasteiger partial charge >= 0.3 is 5.97 Å². The standard InChI is InChI=1S/C5H7NO3/c7-3-1-4(5(8)9)6-2-3/h3,7H,1-2H2,(H,8,9). The van der Waals surface area contributed by atoms with Crippen molar-refractivity contribution in [2.24, 2.45) is 4.99 Å². The number of rotatable bonds is 1. The van der Waals surface area contributed by atoms with Crippen LogP contribution in [0.15, 0.2) is 4.99 Å². The van der Waals surface area contributed by atoms with Gasteiger partial charge in [-0.15, -0.1) is 0 Å². The lowest BCUT2D eigenvalue weighted by Crippen LogP contribution is -2.13. The first kappa shape index (κ1) is 6.22. The maximum Gasteiger partial charge on any atom is 0.349 e. The molecule has 0 aromatic carbocycles. The van der Waals surface area contributed by atoms with Crippen LogP contribution in [0.4, 0.5) is 0 Å². The van der Waals surface area contributed by atoms with Crippen molar-refractivity contribution >= 4 is 11.7 Å². The summed E-state index contributed by atoms with van der Waals surface area (Å²) >= 11 is 0. The van der Waals surface area contributed by atoms with Crippen molar-refractivity contribution < 1.29 is 15.0 Å². The summed E-state index contributed by atoms with van der Waals surface area (Å²) in [5.41, 5.74) is 0.0856. The maximum atomic E-state index is 10.1. The minimum atomic E-state index is -1.02. The number of carboxylic acid groups (broad SMARTS) is 1. The zero-order valence-electron chi connectivity index (χ0n) is 4.74. The van der Waals surface area contributed by atoms with Gasteiger partial charge in [0.25, 0.3) is 0 Å². The molecule has 2 N–H and O–H groups in total.